The lowest BCUT2D eigenvalue weighted by molar-refractivity contribution is -0.123. The van der Waals surface area contributed by atoms with Gasteiger partial charge in [-0.1, -0.05) is 0 Å². The molecule has 2 unspecified atom stereocenters. The molecule has 7 heteroatoms. The Hall–Kier alpha value is -1.34. The van der Waals surface area contributed by atoms with Crippen LogP contribution < -0.4 is 10.6 Å². The van der Waals surface area contributed by atoms with E-state index in [-0.39, 0.29) is 17.9 Å². The molecule has 2 N–H and O–H groups in total. The minimum atomic E-state index is -0.0420. The number of halogens is 1. The van der Waals surface area contributed by atoms with Gasteiger partial charge in [0, 0.05) is 25.7 Å². The molecule has 0 aromatic carbocycles. The van der Waals surface area contributed by atoms with E-state index in [2.05, 4.69) is 26.6 Å². The monoisotopic (exact) mass is 383 g/mol. The molecule has 3 heterocycles. The summed E-state index contributed by atoms with van der Waals surface area (Å²) >= 11 is 3.22. The van der Waals surface area contributed by atoms with E-state index in [4.69, 9.17) is 4.42 Å². The maximum absolute atomic E-state index is 12.5. The Balaban J connectivity index is 1.49. The topological polar surface area (TPSA) is 74.6 Å². The summed E-state index contributed by atoms with van der Waals surface area (Å²) in [5.41, 5.74) is 0.566. The summed E-state index contributed by atoms with van der Waals surface area (Å²) in [7, 11) is 0. The van der Waals surface area contributed by atoms with E-state index >= 15 is 0 Å². The van der Waals surface area contributed by atoms with Gasteiger partial charge in [0.25, 0.3) is 5.91 Å². The summed E-state index contributed by atoms with van der Waals surface area (Å²) in [6.45, 7) is 3.00. The average Bonchev–Trinajstić information content (AvgIpc) is 3.24. The number of nitrogens with zero attached hydrogens (tertiary/aromatic N) is 1. The van der Waals surface area contributed by atoms with Crippen LogP contribution >= 0.6 is 15.9 Å². The second-order valence-electron chi connectivity index (χ2n) is 6.29. The van der Waals surface area contributed by atoms with Gasteiger partial charge in [0.05, 0.1) is 11.6 Å². The van der Waals surface area contributed by atoms with Gasteiger partial charge in [0.1, 0.15) is 6.26 Å². The van der Waals surface area contributed by atoms with Crippen molar-refractivity contribution in [2.24, 2.45) is 5.92 Å². The molecule has 2 aliphatic heterocycles. The number of carbonyl (C=O) groups excluding carboxylic acids is 2. The zero-order valence-electron chi connectivity index (χ0n) is 13.0. The van der Waals surface area contributed by atoms with Crippen LogP contribution in [0, 0.1) is 5.92 Å². The number of hydrogen-bond donors (Lipinski definition) is 2. The highest BCUT2D eigenvalue weighted by molar-refractivity contribution is 9.10. The Labute approximate surface area is 144 Å². The third-order valence-corrected chi connectivity index (χ3v) is 4.98. The second-order valence-corrected chi connectivity index (χ2v) is 7.07. The summed E-state index contributed by atoms with van der Waals surface area (Å²) in [5.74, 6) is 0.394. The molecule has 0 radical (unpaired) electrons. The van der Waals surface area contributed by atoms with Crippen LogP contribution in [0.2, 0.25) is 0 Å². The van der Waals surface area contributed by atoms with Gasteiger partial charge in [-0.3, -0.25) is 9.59 Å². The van der Waals surface area contributed by atoms with Crippen molar-refractivity contribution in [3.8, 4) is 0 Å². The van der Waals surface area contributed by atoms with Crippen LogP contribution in [0.3, 0.4) is 0 Å². The molecule has 2 atom stereocenters. The highest BCUT2D eigenvalue weighted by Crippen LogP contribution is 2.21. The van der Waals surface area contributed by atoms with Crippen LogP contribution in [0.15, 0.2) is 21.4 Å². The van der Waals surface area contributed by atoms with Crippen molar-refractivity contribution >= 4 is 27.7 Å². The first-order valence-corrected chi connectivity index (χ1v) is 8.97. The Morgan fingerprint density at radius 1 is 1.39 bits per heavy atom. The molecular weight excluding hydrogens is 362 g/mol. The molecule has 6 nitrogen and oxygen atoms in total. The molecule has 0 aliphatic carbocycles. The summed E-state index contributed by atoms with van der Waals surface area (Å²) in [6, 6.07) is 1.65. The quantitative estimate of drug-likeness (QED) is 0.830. The number of likely N-dealkylation sites (tertiary alicyclic amines) is 1. The zero-order chi connectivity index (χ0) is 16.2. The summed E-state index contributed by atoms with van der Waals surface area (Å²) in [6.07, 6.45) is 5.45. The van der Waals surface area contributed by atoms with E-state index in [1.807, 2.05) is 4.90 Å². The maximum atomic E-state index is 12.5. The molecule has 2 amide bonds. The normalized spacial score (nSPS) is 24.7. The molecule has 1 aromatic rings. The lowest BCUT2D eigenvalue weighted by Crippen LogP contribution is -2.46. The smallest absolute Gasteiger partial charge is 0.257 e. The summed E-state index contributed by atoms with van der Waals surface area (Å²) < 4.78 is 5.71. The van der Waals surface area contributed by atoms with Gasteiger partial charge >= 0.3 is 0 Å². The van der Waals surface area contributed by atoms with Gasteiger partial charge in [-0.15, -0.1) is 0 Å². The number of carbonyl (C=O) groups is 2. The SMILES string of the molecule is O=C(NCC1CCCN(C(=O)c2coc(Br)c2)C1)C1CCCN1. The maximum Gasteiger partial charge on any atom is 0.257 e. The average molecular weight is 384 g/mol. The van der Waals surface area contributed by atoms with Gasteiger partial charge in [0.15, 0.2) is 4.67 Å². The summed E-state index contributed by atoms with van der Waals surface area (Å²) in [4.78, 5) is 26.4. The zero-order valence-corrected chi connectivity index (χ0v) is 14.6. The standard InChI is InChI=1S/C16H22BrN3O3/c17-14-7-12(10-23-14)16(22)20-6-2-3-11(9-20)8-19-15(21)13-4-1-5-18-13/h7,10-11,13,18H,1-6,8-9H2,(H,19,21). The molecular formula is C16H22BrN3O3. The van der Waals surface area contributed by atoms with Crippen molar-refractivity contribution in [3.63, 3.8) is 0 Å². The summed E-state index contributed by atoms with van der Waals surface area (Å²) in [5, 5.41) is 6.24. The first-order valence-electron chi connectivity index (χ1n) is 8.18. The fourth-order valence-corrected chi connectivity index (χ4v) is 3.64. The van der Waals surface area contributed by atoms with Gasteiger partial charge in [-0.05, 0) is 54.1 Å². The second kappa shape index (κ2) is 7.49. The molecule has 0 spiro atoms. The minimum absolute atomic E-state index is 0.00654. The molecule has 126 valence electrons. The Morgan fingerprint density at radius 2 is 2.26 bits per heavy atom. The number of nitrogens with one attached hydrogen (secondary N) is 2. The van der Waals surface area contributed by atoms with Crippen molar-refractivity contribution in [3.05, 3.63) is 22.6 Å². The molecule has 2 fully saturated rings. The molecule has 2 saturated heterocycles. The van der Waals surface area contributed by atoms with Crippen LogP contribution in [-0.2, 0) is 4.79 Å². The lowest BCUT2D eigenvalue weighted by atomic mass is 9.97. The van der Waals surface area contributed by atoms with Crippen LogP contribution in [0.4, 0.5) is 0 Å². The van der Waals surface area contributed by atoms with Crippen molar-refractivity contribution in [1.82, 2.24) is 15.5 Å². The van der Waals surface area contributed by atoms with Gasteiger partial charge < -0.3 is 20.0 Å². The first kappa shape index (κ1) is 16.5. The van der Waals surface area contributed by atoms with Crippen molar-refractivity contribution < 1.29 is 14.0 Å². The Morgan fingerprint density at radius 3 is 2.96 bits per heavy atom. The van der Waals surface area contributed by atoms with E-state index in [0.717, 1.165) is 38.8 Å². The van der Waals surface area contributed by atoms with Gasteiger partial charge in [-0.2, -0.15) is 0 Å². The predicted octanol–water partition coefficient (Wildman–Crippen LogP) is 1.76. The van der Waals surface area contributed by atoms with Crippen LogP contribution in [0.1, 0.15) is 36.0 Å². The highest BCUT2D eigenvalue weighted by atomic mass is 79.9. The number of amides is 2. The van der Waals surface area contributed by atoms with Crippen LogP contribution in [0.5, 0.6) is 0 Å². The fourth-order valence-electron chi connectivity index (χ4n) is 3.30. The van der Waals surface area contributed by atoms with E-state index in [0.29, 0.717) is 29.2 Å². The number of hydrogen-bond acceptors (Lipinski definition) is 4. The van der Waals surface area contributed by atoms with E-state index < -0.39 is 0 Å². The van der Waals surface area contributed by atoms with Crippen LogP contribution in [-0.4, -0.2) is 48.9 Å². The molecule has 1 aromatic heterocycles. The van der Waals surface area contributed by atoms with E-state index in [9.17, 15) is 9.59 Å². The molecule has 3 rings (SSSR count). The van der Waals surface area contributed by atoms with Crippen molar-refractivity contribution in [2.45, 2.75) is 31.7 Å². The number of furan rings is 1. The third kappa shape index (κ3) is 4.14. The van der Waals surface area contributed by atoms with Gasteiger partial charge in [0.2, 0.25) is 5.91 Å². The molecule has 2 aliphatic rings. The minimum Gasteiger partial charge on any atom is -0.457 e. The fraction of sp³-hybridized carbons (Fsp3) is 0.625. The highest BCUT2D eigenvalue weighted by Gasteiger charge is 2.27. The lowest BCUT2D eigenvalue weighted by Gasteiger charge is -2.32. The van der Waals surface area contributed by atoms with Crippen molar-refractivity contribution in [1.29, 1.82) is 0 Å². The third-order valence-electron chi connectivity index (χ3n) is 4.56. The van der Waals surface area contributed by atoms with Crippen LogP contribution in [0.25, 0.3) is 0 Å². The van der Waals surface area contributed by atoms with Gasteiger partial charge in [-0.25, -0.2) is 0 Å². The van der Waals surface area contributed by atoms with E-state index in [1.165, 1.54) is 6.26 Å². The number of rotatable bonds is 4. The predicted molar refractivity (Wildman–Crippen MR) is 89.1 cm³/mol. The van der Waals surface area contributed by atoms with E-state index in [1.54, 1.807) is 6.07 Å². The first-order chi connectivity index (χ1) is 11.1. The number of piperidine rings is 1. The molecule has 0 bridgehead atoms. The molecule has 23 heavy (non-hydrogen) atoms. The largest absolute Gasteiger partial charge is 0.457 e. The Kier molecular flexibility index (Phi) is 5.38. The van der Waals surface area contributed by atoms with Crippen molar-refractivity contribution in [2.75, 3.05) is 26.2 Å². The Bertz CT molecular complexity index is 569. The molecule has 0 saturated carbocycles.